The quantitative estimate of drug-likeness (QED) is 0.566. The molecule has 3 heterocycles. The van der Waals surface area contributed by atoms with Crippen molar-refractivity contribution in [2.24, 2.45) is 0 Å². The lowest BCUT2D eigenvalue weighted by atomic mass is 9.96. The number of hydrogen-bond acceptors (Lipinski definition) is 7. The number of rotatable bonds is 5. The van der Waals surface area contributed by atoms with Crippen molar-refractivity contribution >= 4 is 40.0 Å². The number of halogens is 1. The lowest BCUT2D eigenvalue weighted by molar-refractivity contribution is -0.114. The molecule has 8 heteroatoms. The van der Waals surface area contributed by atoms with E-state index < -0.39 is 0 Å². The van der Waals surface area contributed by atoms with Crippen molar-refractivity contribution in [3.63, 3.8) is 0 Å². The fourth-order valence-corrected chi connectivity index (χ4v) is 5.04. The summed E-state index contributed by atoms with van der Waals surface area (Å²) < 4.78 is 11.1. The van der Waals surface area contributed by atoms with Gasteiger partial charge in [-0.15, -0.1) is 11.3 Å². The van der Waals surface area contributed by atoms with Gasteiger partial charge in [0, 0.05) is 45.4 Å². The molecule has 2 aliphatic heterocycles. The molecule has 2 aliphatic rings. The highest BCUT2D eigenvalue weighted by Crippen LogP contribution is 2.40. The standard InChI is InChI=1S/C25H22ClN3O3S/c1-31-18-7-8-24(32-2)21(10-18)29-13-16(9-19-22(29)11-27-12-23(19)30)25-28-20(14-33-25)15-3-5-17(26)6-4-15/h3-10,14,27H,11-13H2,1-2H3. The maximum absolute atomic E-state index is 12.8. The van der Waals surface area contributed by atoms with Crippen molar-refractivity contribution in [3.05, 3.63) is 75.2 Å². The molecule has 0 radical (unpaired) electrons. The summed E-state index contributed by atoms with van der Waals surface area (Å²) in [5.74, 6) is 1.50. The van der Waals surface area contributed by atoms with Gasteiger partial charge in [0.1, 0.15) is 16.5 Å². The first-order chi connectivity index (χ1) is 16.1. The van der Waals surface area contributed by atoms with Crippen LogP contribution in [0.3, 0.4) is 0 Å². The molecule has 3 aromatic rings. The molecule has 1 N–H and O–H groups in total. The van der Waals surface area contributed by atoms with Gasteiger partial charge in [-0.3, -0.25) is 4.79 Å². The summed E-state index contributed by atoms with van der Waals surface area (Å²) in [5.41, 5.74) is 5.36. The van der Waals surface area contributed by atoms with Gasteiger partial charge >= 0.3 is 0 Å². The number of benzene rings is 2. The van der Waals surface area contributed by atoms with E-state index in [9.17, 15) is 4.79 Å². The van der Waals surface area contributed by atoms with Crippen LogP contribution in [0.25, 0.3) is 16.8 Å². The molecule has 0 unspecified atom stereocenters. The van der Waals surface area contributed by atoms with Crippen LogP contribution in [0.1, 0.15) is 5.01 Å². The molecule has 6 nitrogen and oxygen atoms in total. The van der Waals surface area contributed by atoms with Gasteiger partial charge in [-0.2, -0.15) is 0 Å². The number of carbonyl (C=O) groups is 1. The molecule has 33 heavy (non-hydrogen) atoms. The number of hydrogen-bond donors (Lipinski definition) is 1. The molecule has 0 aliphatic carbocycles. The first-order valence-electron chi connectivity index (χ1n) is 10.5. The Labute approximate surface area is 201 Å². The summed E-state index contributed by atoms with van der Waals surface area (Å²) in [7, 11) is 3.28. The molecule has 0 saturated heterocycles. The van der Waals surface area contributed by atoms with E-state index in [2.05, 4.69) is 10.2 Å². The molecule has 0 amide bonds. The number of ketones is 1. The zero-order chi connectivity index (χ0) is 22.9. The number of allylic oxidation sites excluding steroid dienone is 1. The van der Waals surface area contributed by atoms with Crippen LogP contribution in [0.2, 0.25) is 5.02 Å². The first-order valence-corrected chi connectivity index (χ1v) is 11.7. The Morgan fingerprint density at radius 1 is 1.09 bits per heavy atom. The van der Waals surface area contributed by atoms with Crippen molar-refractivity contribution in [1.29, 1.82) is 0 Å². The Morgan fingerprint density at radius 3 is 2.67 bits per heavy atom. The van der Waals surface area contributed by atoms with Crippen molar-refractivity contribution in [1.82, 2.24) is 10.3 Å². The summed E-state index contributed by atoms with van der Waals surface area (Å²) in [6.07, 6.45) is 1.99. The average molecular weight is 480 g/mol. The predicted octanol–water partition coefficient (Wildman–Crippen LogP) is 4.81. The average Bonchev–Trinajstić information content (AvgIpc) is 3.34. The van der Waals surface area contributed by atoms with Gasteiger partial charge in [0.2, 0.25) is 0 Å². The third-order valence-electron chi connectivity index (χ3n) is 5.76. The largest absolute Gasteiger partial charge is 0.497 e. The maximum atomic E-state index is 12.8. The summed E-state index contributed by atoms with van der Waals surface area (Å²) in [6.45, 7) is 1.48. The van der Waals surface area contributed by atoms with Gasteiger partial charge in [-0.25, -0.2) is 4.98 Å². The van der Waals surface area contributed by atoms with E-state index in [-0.39, 0.29) is 5.78 Å². The van der Waals surface area contributed by atoms with E-state index in [0.717, 1.165) is 39.0 Å². The fourth-order valence-electron chi connectivity index (χ4n) is 4.08. The highest BCUT2D eigenvalue weighted by Gasteiger charge is 2.31. The SMILES string of the molecule is COc1ccc(OC)c(N2CC(c3nc(-c4ccc(Cl)cc4)cs3)=CC3=C2CNCC3=O)c1. The van der Waals surface area contributed by atoms with Crippen molar-refractivity contribution in [2.45, 2.75) is 0 Å². The summed E-state index contributed by atoms with van der Waals surface area (Å²) in [5, 5.41) is 6.81. The van der Waals surface area contributed by atoms with Crippen molar-refractivity contribution in [2.75, 3.05) is 38.8 Å². The highest BCUT2D eigenvalue weighted by molar-refractivity contribution is 7.11. The minimum atomic E-state index is 0.0646. The lowest BCUT2D eigenvalue weighted by Crippen LogP contribution is -2.42. The summed E-state index contributed by atoms with van der Waals surface area (Å²) in [6, 6.07) is 13.3. The molecular formula is C25H22ClN3O3S. The second-order valence-electron chi connectivity index (χ2n) is 7.73. The van der Waals surface area contributed by atoms with Gasteiger partial charge < -0.3 is 19.7 Å². The minimum Gasteiger partial charge on any atom is -0.497 e. The van der Waals surface area contributed by atoms with Crippen LogP contribution in [0, 0.1) is 0 Å². The third-order valence-corrected chi connectivity index (χ3v) is 6.93. The number of ether oxygens (including phenoxy) is 2. The fraction of sp³-hybridized carbons (Fsp3) is 0.200. The summed E-state index contributed by atoms with van der Waals surface area (Å²) in [4.78, 5) is 19.8. The number of thiazole rings is 1. The van der Waals surface area contributed by atoms with Crippen LogP contribution >= 0.6 is 22.9 Å². The Morgan fingerprint density at radius 2 is 1.91 bits per heavy atom. The van der Waals surface area contributed by atoms with Gasteiger partial charge in [-0.1, -0.05) is 23.7 Å². The minimum absolute atomic E-state index is 0.0646. The molecule has 0 atom stereocenters. The number of Topliss-reactive ketones (excluding diaryl/α,β-unsaturated/α-hetero) is 1. The molecular weight excluding hydrogens is 458 g/mol. The lowest BCUT2D eigenvalue weighted by Gasteiger charge is -2.36. The van der Waals surface area contributed by atoms with Crippen molar-refractivity contribution in [3.8, 4) is 22.8 Å². The smallest absolute Gasteiger partial charge is 0.178 e. The van der Waals surface area contributed by atoms with Crippen LogP contribution in [0.4, 0.5) is 5.69 Å². The zero-order valence-electron chi connectivity index (χ0n) is 18.2. The molecule has 0 saturated carbocycles. The number of carbonyl (C=O) groups excluding carboxylic acids is 1. The Kier molecular flexibility index (Phi) is 5.93. The van der Waals surface area contributed by atoms with Crippen LogP contribution < -0.4 is 19.7 Å². The number of aromatic nitrogens is 1. The van der Waals surface area contributed by atoms with E-state index in [1.807, 2.05) is 53.9 Å². The van der Waals surface area contributed by atoms with Gasteiger partial charge in [0.05, 0.1) is 38.7 Å². The normalized spacial score (nSPS) is 15.9. The molecule has 2 aromatic carbocycles. The maximum Gasteiger partial charge on any atom is 0.178 e. The predicted molar refractivity (Wildman–Crippen MR) is 132 cm³/mol. The number of anilines is 1. The molecule has 0 spiro atoms. The molecule has 168 valence electrons. The highest BCUT2D eigenvalue weighted by atomic mass is 35.5. The van der Waals surface area contributed by atoms with E-state index in [4.69, 9.17) is 26.1 Å². The number of methoxy groups -OCH3 is 2. The number of nitrogens with one attached hydrogen (secondary N) is 1. The Balaban J connectivity index is 1.58. The molecule has 0 fully saturated rings. The second-order valence-corrected chi connectivity index (χ2v) is 9.02. The first kappa shape index (κ1) is 21.7. The van der Waals surface area contributed by atoms with Crippen LogP contribution in [0.5, 0.6) is 11.5 Å². The molecule has 5 rings (SSSR count). The Bertz CT molecular complexity index is 1280. The van der Waals surface area contributed by atoms with Gasteiger partial charge in [-0.05, 0) is 30.3 Å². The van der Waals surface area contributed by atoms with Gasteiger partial charge in [0.15, 0.2) is 5.78 Å². The summed E-state index contributed by atoms with van der Waals surface area (Å²) >= 11 is 7.60. The third kappa shape index (κ3) is 4.15. The number of nitrogens with zero attached hydrogens (tertiary/aromatic N) is 2. The topological polar surface area (TPSA) is 63.7 Å². The zero-order valence-corrected chi connectivity index (χ0v) is 19.8. The van der Waals surface area contributed by atoms with E-state index >= 15 is 0 Å². The van der Waals surface area contributed by atoms with E-state index in [1.54, 1.807) is 25.6 Å². The van der Waals surface area contributed by atoms with E-state index in [0.29, 0.717) is 36.0 Å². The monoisotopic (exact) mass is 479 g/mol. The van der Waals surface area contributed by atoms with Gasteiger partial charge in [0.25, 0.3) is 0 Å². The van der Waals surface area contributed by atoms with Crippen molar-refractivity contribution < 1.29 is 14.3 Å². The molecule has 0 bridgehead atoms. The van der Waals surface area contributed by atoms with E-state index in [1.165, 1.54) is 0 Å². The molecule has 1 aromatic heterocycles. The Hall–Kier alpha value is -3.13. The van der Waals surface area contributed by atoms with Crippen LogP contribution in [-0.4, -0.2) is 44.6 Å². The van der Waals surface area contributed by atoms with Crippen LogP contribution in [0.15, 0.2) is 65.2 Å². The second kappa shape index (κ2) is 9.02. The van der Waals surface area contributed by atoms with Crippen LogP contribution in [-0.2, 0) is 4.79 Å².